The molecule has 0 aliphatic heterocycles. The highest BCUT2D eigenvalue weighted by Crippen LogP contribution is 2.36. The van der Waals surface area contributed by atoms with Crippen molar-refractivity contribution in [1.82, 2.24) is 0 Å². The molecule has 2 rings (SSSR count). The first kappa shape index (κ1) is 11.4. The summed E-state index contributed by atoms with van der Waals surface area (Å²) in [4.78, 5) is 12.0. The van der Waals surface area contributed by atoms with E-state index in [2.05, 4.69) is 19.1 Å². The van der Waals surface area contributed by atoms with Crippen molar-refractivity contribution in [3.05, 3.63) is 34.9 Å². The van der Waals surface area contributed by atoms with Crippen LogP contribution in [0.15, 0.2) is 18.2 Å². The van der Waals surface area contributed by atoms with Crippen molar-refractivity contribution >= 4 is 5.78 Å². The molecule has 1 aromatic rings. The molecular formula is C15H20O. The summed E-state index contributed by atoms with van der Waals surface area (Å²) in [6, 6.07) is 6.38. The molecule has 0 radical (unpaired) electrons. The summed E-state index contributed by atoms with van der Waals surface area (Å²) in [6.07, 6.45) is 4.50. The van der Waals surface area contributed by atoms with Crippen LogP contribution in [0.25, 0.3) is 0 Å². The zero-order valence-corrected chi connectivity index (χ0v) is 10.5. The quantitative estimate of drug-likeness (QED) is 0.751. The summed E-state index contributed by atoms with van der Waals surface area (Å²) in [7, 11) is 0. The molecule has 0 saturated carbocycles. The minimum absolute atomic E-state index is 0.189. The van der Waals surface area contributed by atoms with Crippen LogP contribution in [0.1, 0.15) is 55.1 Å². The molecule has 1 aromatic carbocycles. The normalized spacial score (nSPS) is 17.6. The summed E-state index contributed by atoms with van der Waals surface area (Å²) in [5.74, 6) is 0.310. The molecule has 1 nitrogen and oxygen atoms in total. The van der Waals surface area contributed by atoms with Gasteiger partial charge in [-0.1, -0.05) is 45.4 Å². The number of fused-ring (bicyclic) bond motifs is 1. The van der Waals surface area contributed by atoms with Gasteiger partial charge in [-0.3, -0.25) is 4.79 Å². The Morgan fingerprint density at radius 1 is 1.31 bits per heavy atom. The van der Waals surface area contributed by atoms with E-state index in [1.165, 1.54) is 24.0 Å². The van der Waals surface area contributed by atoms with Crippen LogP contribution in [0, 0.1) is 5.41 Å². The smallest absolute Gasteiger partial charge is 0.169 e. The van der Waals surface area contributed by atoms with Crippen molar-refractivity contribution in [3.8, 4) is 0 Å². The highest BCUT2D eigenvalue weighted by molar-refractivity contribution is 6.04. The molecule has 0 spiro atoms. The Hall–Kier alpha value is -1.11. The van der Waals surface area contributed by atoms with Crippen LogP contribution in [-0.4, -0.2) is 5.78 Å². The molecule has 0 amide bonds. The van der Waals surface area contributed by atoms with Crippen LogP contribution in [0.2, 0.25) is 0 Å². The maximum atomic E-state index is 12.0. The summed E-state index contributed by atoms with van der Waals surface area (Å²) < 4.78 is 0. The number of benzene rings is 1. The number of carbonyl (C=O) groups excluding carboxylic acids is 1. The second-order valence-corrected chi connectivity index (χ2v) is 5.48. The van der Waals surface area contributed by atoms with Gasteiger partial charge in [-0.25, -0.2) is 0 Å². The van der Waals surface area contributed by atoms with Crippen molar-refractivity contribution in [2.45, 2.75) is 46.5 Å². The Kier molecular flexibility index (Phi) is 2.88. The Bertz CT molecular complexity index is 415. The van der Waals surface area contributed by atoms with E-state index in [0.29, 0.717) is 5.78 Å². The summed E-state index contributed by atoms with van der Waals surface area (Å²) in [5.41, 5.74) is 3.39. The molecule has 0 N–H and O–H groups in total. The maximum Gasteiger partial charge on any atom is 0.169 e. The van der Waals surface area contributed by atoms with Gasteiger partial charge in [0.15, 0.2) is 5.78 Å². The SMILES string of the molecule is CCCCc1ccc2c(c1)CC(C)(C)C2=O. The third-order valence-electron chi connectivity index (χ3n) is 3.48. The van der Waals surface area contributed by atoms with E-state index in [9.17, 15) is 4.79 Å². The van der Waals surface area contributed by atoms with E-state index in [1.807, 2.05) is 19.9 Å². The first-order valence-corrected chi connectivity index (χ1v) is 6.21. The fourth-order valence-corrected chi connectivity index (χ4v) is 2.47. The first-order chi connectivity index (χ1) is 7.54. The molecule has 16 heavy (non-hydrogen) atoms. The van der Waals surface area contributed by atoms with Crippen LogP contribution < -0.4 is 0 Å². The number of carbonyl (C=O) groups is 1. The van der Waals surface area contributed by atoms with Crippen molar-refractivity contribution in [2.75, 3.05) is 0 Å². The molecule has 0 aromatic heterocycles. The van der Waals surface area contributed by atoms with Crippen LogP contribution in [-0.2, 0) is 12.8 Å². The van der Waals surface area contributed by atoms with Crippen molar-refractivity contribution in [2.24, 2.45) is 5.41 Å². The van der Waals surface area contributed by atoms with E-state index in [4.69, 9.17) is 0 Å². The number of unbranched alkanes of at least 4 members (excludes halogenated alkanes) is 1. The summed E-state index contributed by atoms with van der Waals surface area (Å²) in [5, 5.41) is 0. The number of rotatable bonds is 3. The maximum absolute atomic E-state index is 12.0. The van der Waals surface area contributed by atoms with Crippen molar-refractivity contribution in [3.63, 3.8) is 0 Å². The van der Waals surface area contributed by atoms with Gasteiger partial charge in [0.05, 0.1) is 0 Å². The van der Waals surface area contributed by atoms with Gasteiger partial charge >= 0.3 is 0 Å². The lowest BCUT2D eigenvalue weighted by Crippen LogP contribution is -2.18. The average molecular weight is 216 g/mol. The second kappa shape index (κ2) is 4.04. The molecule has 0 atom stereocenters. The molecule has 0 heterocycles. The topological polar surface area (TPSA) is 17.1 Å². The Labute approximate surface area is 97.9 Å². The fraction of sp³-hybridized carbons (Fsp3) is 0.533. The monoisotopic (exact) mass is 216 g/mol. The predicted octanol–water partition coefficient (Wildman–Crippen LogP) is 3.79. The molecular weight excluding hydrogens is 196 g/mol. The van der Waals surface area contributed by atoms with Crippen molar-refractivity contribution in [1.29, 1.82) is 0 Å². The van der Waals surface area contributed by atoms with Gasteiger partial charge in [0.25, 0.3) is 0 Å². The van der Waals surface area contributed by atoms with Gasteiger partial charge in [-0.2, -0.15) is 0 Å². The van der Waals surface area contributed by atoms with Gasteiger partial charge in [-0.05, 0) is 30.4 Å². The molecule has 0 saturated heterocycles. The molecule has 1 aliphatic rings. The van der Waals surface area contributed by atoms with E-state index < -0.39 is 0 Å². The van der Waals surface area contributed by atoms with Crippen LogP contribution in [0.4, 0.5) is 0 Å². The first-order valence-electron chi connectivity index (χ1n) is 6.21. The molecule has 0 fully saturated rings. The minimum atomic E-state index is -0.189. The fourth-order valence-electron chi connectivity index (χ4n) is 2.47. The highest BCUT2D eigenvalue weighted by Gasteiger charge is 2.37. The largest absolute Gasteiger partial charge is 0.294 e. The minimum Gasteiger partial charge on any atom is -0.294 e. The van der Waals surface area contributed by atoms with Crippen molar-refractivity contribution < 1.29 is 4.79 Å². The van der Waals surface area contributed by atoms with E-state index in [1.54, 1.807) is 0 Å². The number of aryl methyl sites for hydroxylation is 1. The lowest BCUT2D eigenvalue weighted by Gasteiger charge is -2.12. The number of ketones is 1. The Morgan fingerprint density at radius 3 is 2.75 bits per heavy atom. The lowest BCUT2D eigenvalue weighted by molar-refractivity contribution is 0.0863. The predicted molar refractivity (Wildman–Crippen MR) is 66.9 cm³/mol. The van der Waals surface area contributed by atoms with E-state index in [-0.39, 0.29) is 5.41 Å². The Morgan fingerprint density at radius 2 is 2.06 bits per heavy atom. The van der Waals surface area contributed by atoms with Gasteiger partial charge in [-0.15, -0.1) is 0 Å². The standard InChI is InChI=1S/C15H20O/c1-4-5-6-11-7-8-13-12(9-11)10-15(2,3)14(13)16/h7-9H,4-6,10H2,1-3H3. The van der Waals surface area contributed by atoms with Gasteiger partial charge in [0.2, 0.25) is 0 Å². The molecule has 0 unspecified atom stereocenters. The second-order valence-electron chi connectivity index (χ2n) is 5.48. The number of hydrogen-bond acceptors (Lipinski definition) is 1. The van der Waals surface area contributed by atoms with E-state index >= 15 is 0 Å². The van der Waals surface area contributed by atoms with Gasteiger partial charge in [0, 0.05) is 11.0 Å². The third kappa shape index (κ3) is 1.91. The van der Waals surface area contributed by atoms with E-state index in [0.717, 1.165) is 18.4 Å². The zero-order chi connectivity index (χ0) is 11.8. The molecule has 1 heteroatoms. The number of Topliss-reactive ketones (excluding diaryl/α,β-unsaturated/α-hetero) is 1. The van der Waals surface area contributed by atoms with Crippen LogP contribution in [0.3, 0.4) is 0 Å². The van der Waals surface area contributed by atoms with Crippen LogP contribution in [0.5, 0.6) is 0 Å². The summed E-state index contributed by atoms with van der Waals surface area (Å²) >= 11 is 0. The molecule has 86 valence electrons. The van der Waals surface area contributed by atoms with Crippen LogP contribution >= 0.6 is 0 Å². The number of hydrogen-bond donors (Lipinski definition) is 0. The molecule has 1 aliphatic carbocycles. The van der Waals surface area contributed by atoms with Gasteiger partial charge < -0.3 is 0 Å². The third-order valence-corrected chi connectivity index (χ3v) is 3.48. The van der Waals surface area contributed by atoms with Gasteiger partial charge in [0.1, 0.15) is 0 Å². The molecule has 0 bridgehead atoms. The Balaban J connectivity index is 2.27. The summed E-state index contributed by atoms with van der Waals surface area (Å²) in [6.45, 7) is 6.29. The average Bonchev–Trinajstić information content (AvgIpc) is 2.46. The lowest BCUT2D eigenvalue weighted by atomic mass is 9.89. The highest BCUT2D eigenvalue weighted by atomic mass is 16.1. The zero-order valence-electron chi connectivity index (χ0n) is 10.5.